The number of carbonyl (C=O) groups is 2. The molecule has 0 heterocycles. The summed E-state index contributed by atoms with van der Waals surface area (Å²) in [5, 5.41) is 6.12. The highest BCUT2D eigenvalue weighted by Gasteiger charge is 2.22. The van der Waals surface area contributed by atoms with Gasteiger partial charge in [0.25, 0.3) is 5.91 Å². The van der Waals surface area contributed by atoms with Gasteiger partial charge in [0.1, 0.15) is 11.9 Å². The van der Waals surface area contributed by atoms with E-state index in [0.29, 0.717) is 29.0 Å². The molecular weight excluding hydrogens is 403 g/mol. The Balaban J connectivity index is 1.66. The highest BCUT2D eigenvalue weighted by Crippen LogP contribution is 2.11. The van der Waals surface area contributed by atoms with Gasteiger partial charge in [-0.2, -0.15) is 0 Å². The van der Waals surface area contributed by atoms with Crippen LogP contribution in [0, 0.1) is 5.82 Å². The smallest absolute Gasteiger partial charge is 0.251 e. The zero-order chi connectivity index (χ0) is 21.3. The summed E-state index contributed by atoms with van der Waals surface area (Å²) in [7, 11) is 0. The van der Waals surface area contributed by atoms with Crippen LogP contribution in [-0.4, -0.2) is 24.4 Å². The summed E-state index contributed by atoms with van der Waals surface area (Å²) >= 11 is 5.88. The maximum atomic E-state index is 13.8. The Morgan fingerprint density at radius 1 is 0.900 bits per heavy atom. The summed E-state index contributed by atoms with van der Waals surface area (Å²) in [4.78, 5) is 25.4. The Kier molecular flexibility index (Phi) is 7.57. The predicted octanol–water partition coefficient (Wildman–Crippen LogP) is 4.18. The molecular formula is C24H22ClFN2O2. The lowest BCUT2D eigenvalue weighted by Crippen LogP contribution is -2.48. The molecule has 0 bridgehead atoms. The molecule has 0 spiro atoms. The van der Waals surface area contributed by atoms with Gasteiger partial charge < -0.3 is 10.6 Å². The van der Waals surface area contributed by atoms with Gasteiger partial charge in [-0.3, -0.25) is 9.59 Å². The van der Waals surface area contributed by atoms with Gasteiger partial charge >= 0.3 is 0 Å². The molecule has 6 heteroatoms. The summed E-state index contributed by atoms with van der Waals surface area (Å²) in [6, 6.07) is 21.6. The maximum Gasteiger partial charge on any atom is 0.251 e. The molecule has 0 saturated carbocycles. The molecule has 2 amide bonds. The molecule has 4 nitrogen and oxygen atoms in total. The molecule has 3 aromatic rings. The van der Waals surface area contributed by atoms with Crippen LogP contribution >= 0.6 is 11.6 Å². The Morgan fingerprint density at radius 2 is 1.57 bits per heavy atom. The van der Waals surface area contributed by atoms with Gasteiger partial charge in [0.2, 0.25) is 5.91 Å². The van der Waals surface area contributed by atoms with Gasteiger partial charge in [0.15, 0.2) is 0 Å². The van der Waals surface area contributed by atoms with Gasteiger partial charge in [0.05, 0.1) is 0 Å². The summed E-state index contributed by atoms with van der Waals surface area (Å²) in [5.41, 5.74) is 1.86. The molecule has 0 aromatic heterocycles. The van der Waals surface area contributed by atoms with Crippen molar-refractivity contribution in [3.63, 3.8) is 0 Å². The lowest BCUT2D eigenvalue weighted by molar-refractivity contribution is -0.122. The molecule has 0 aliphatic carbocycles. The first kappa shape index (κ1) is 21.5. The first-order valence-electron chi connectivity index (χ1n) is 9.64. The van der Waals surface area contributed by atoms with E-state index >= 15 is 0 Å². The average Bonchev–Trinajstić information content (AvgIpc) is 2.75. The molecule has 0 radical (unpaired) electrons. The zero-order valence-corrected chi connectivity index (χ0v) is 17.0. The van der Waals surface area contributed by atoms with Crippen molar-refractivity contribution in [3.8, 4) is 0 Å². The fraction of sp³-hybridized carbons (Fsp3) is 0.167. The van der Waals surface area contributed by atoms with Crippen LogP contribution in [0.4, 0.5) is 4.39 Å². The quantitative estimate of drug-likeness (QED) is 0.570. The van der Waals surface area contributed by atoms with Crippen LogP contribution in [0.5, 0.6) is 0 Å². The van der Waals surface area contributed by atoms with Crippen LogP contribution in [-0.2, 0) is 17.6 Å². The topological polar surface area (TPSA) is 58.2 Å². The monoisotopic (exact) mass is 424 g/mol. The Labute approximate surface area is 180 Å². The van der Waals surface area contributed by atoms with Crippen molar-refractivity contribution < 1.29 is 14.0 Å². The predicted molar refractivity (Wildman–Crippen MR) is 116 cm³/mol. The SMILES string of the molecule is O=C(NC(Cc1ccccc1)C(=O)NCCc1ccccc1F)c1ccc(Cl)cc1. The van der Waals surface area contributed by atoms with Crippen molar-refractivity contribution in [1.82, 2.24) is 10.6 Å². The third-order valence-electron chi connectivity index (χ3n) is 4.66. The number of halogens is 2. The Bertz CT molecular complexity index is 994. The second kappa shape index (κ2) is 10.6. The van der Waals surface area contributed by atoms with Crippen molar-refractivity contribution in [1.29, 1.82) is 0 Å². The normalized spacial score (nSPS) is 11.5. The minimum absolute atomic E-state index is 0.266. The molecule has 3 aromatic carbocycles. The molecule has 1 atom stereocenters. The summed E-state index contributed by atoms with van der Waals surface area (Å²) in [5.74, 6) is -0.988. The molecule has 2 N–H and O–H groups in total. The zero-order valence-electron chi connectivity index (χ0n) is 16.3. The van der Waals surface area contributed by atoms with Gasteiger partial charge in [-0.15, -0.1) is 0 Å². The van der Waals surface area contributed by atoms with Gasteiger partial charge in [-0.1, -0.05) is 60.1 Å². The third kappa shape index (κ3) is 6.16. The van der Waals surface area contributed by atoms with E-state index in [-0.39, 0.29) is 24.2 Å². The Morgan fingerprint density at radius 3 is 2.27 bits per heavy atom. The minimum Gasteiger partial charge on any atom is -0.354 e. The molecule has 0 fully saturated rings. The van der Waals surface area contributed by atoms with E-state index in [1.54, 1.807) is 42.5 Å². The third-order valence-corrected chi connectivity index (χ3v) is 4.91. The second-order valence-electron chi connectivity index (χ2n) is 6.86. The van der Waals surface area contributed by atoms with Crippen molar-refractivity contribution in [2.75, 3.05) is 6.54 Å². The lowest BCUT2D eigenvalue weighted by atomic mass is 10.0. The number of hydrogen-bond acceptors (Lipinski definition) is 2. The number of hydrogen-bond donors (Lipinski definition) is 2. The van der Waals surface area contributed by atoms with E-state index in [1.807, 2.05) is 30.3 Å². The lowest BCUT2D eigenvalue weighted by Gasteiger charge is -2.19. The van der Waals surface area contributed by atoms with Crippen LogP contribution in [0.15, 0.2) is 78.9 Å². The first-order chi connectivity index (χ1) is 14.5. The van der Waals surface area contributed by atoms with Gasteiger partial charge in [-0.05, 0) is 47.9 Å². The summed E-state index contributed by atoms with van der Waals surface area (Å²) in [6.45, 7) is 0.266. The molecule has 3 rings (SSSR count). The maximum absolute atomic E-state index is 13.8. The van der Waals surface area contributed by atoms with Crippen LogP contribution in [0.25, 0.3) is 0 Å². The highest BCUT2D eigenvalue weighted by atomic mass is 35.5. The number of nitrogens with one attached hydrogen (secondary N) is 2. The fourth-order valence-electron chi connectivity index (χ4n) is 3.05. The summed E-state index contributed by atoms with van der Waals surface area (Å²) < 4.78 is 13.8. The summed E-state index contributed by atoms with van der Waals surface area (Å²) in [6.07, 6.45) is 0.702. The molecule has 0 aliphatic rings. The molecule has 0 saturated heterocycles. The number of rotatable bonds is 8. The van der Waals surface area contributed by atoms with Crippen molar-refractivity contribution in [2.24, 2.45) is 0 Å². The molecule has 30 heavy (non-hydrogen) atoms. The van der Waals surface area contributed by atoms with Crippen molar-refractivity contribution >= 4 is 23.4 Å². The standard InChI is InChI=1S/C24H22ClFN2O2/c25-20-12-10-19(11-13-20)23(29)28-22(16-17-6-2-1-3-7-17)24(30)27-15-14-18-8-4-5-9-21(18)26/h1-13,22H,14-16H2,(H,27,30)(H,28,29). The van der Waals surface area contributed by atoms with E-state index in [2.05, 4.69) is 10.6 Å². The van der Waals surface area contributed by atoms with Crippen LogP contribution < -0.4 is 10.6 Å². The minimum atomic E-state index is -0.767. The highest BCUT2D eigenvalue weighted by molar-refractivity contribution is 6.30. The van der Waals surface area contributed by atoms with Gasteiger partial charge in [-0.25, -0.2) is 4.39 Å². The first-order valence-corrected chi connectivity index (χ1v) is 10.0. The van der Waals surface area contributed by atoms with Crippen LogP contribution in [0.2, 0.25) is 5.02 Å². The van der Waals surface area contributed by atoms with E-state index < -0.39 is 6.04 Å². The molecule has 1 unspecified atom stereocenters. The fourth-order valence-corrected chi connectivity index (χ4v) is 3.17. The average molecular weight is 425 g/mol. The van der Waals surface area contributed by atoms with E-state index in [1.165, 1.54) is 6.07 Å². The van der Waals surface area contributed by atoms with Crippen molar-refractivity contribution in [3.05, 3.63) is 106 Å². The van der Waals surface area contributed by atoms with E-state index in [9.17, 15) is 14.0 Å². The number of benzene rings is 3. The van der Waals surface area contributed by atoms with Crippen LogP contribution in [0.1, 0.15) is 21.5 Å². The van der Waals surface area contributed by atoms with Crippen LogP contribution in [0.3, 0.4) is 0 Å². The molecule has 154 valence electrons. The number of carbonyl (C=O) groups excluding carboxylic acids is 2. The van der Waals surface area contributed by atoms with Gasteiger partial charge in [0, 0.05) is 23.6 Å². The van der Waals surface area contributed by atoms with E-state index in [4.69, 9.17) is 11.6 Å². The largest absolute Gasteiger partial charge is 0.354 e. The van der Waals surface area contributed by atoms with Crippen molar-refractivity contribution in [2.45, 2.75) is 18.9 Å². The number of amides is 2. The Hall–Kier alpha value is -3.18. The van der Waals surface area contributed by atoms with E-state index in [0.717, 1.165) is 5.56 Å². The second-order valence-corrected chi connectivity index (χ2v) is 7.29. The molecule has 0 aliphatic heterocycles.